The zero-order valence-corrected chi connectivity index (χ0v) is 14.1. The van der Waals surface area contributed by atoms with E-state index in [9.17, 15) is 4.79 Å². The lowest BCUT2D eigenvalue weighted by Gasteiger charge is -2.19. The quantitative estimate of drug-likeness (QED) is 0.800. The summed E-state index contributed by atoms with van der Waals surface area (Å²) in [5.41, 5.74) is 1.01. The Labute approximate surface area is 132 Å². The van der Waals surface area contributed by atoms with Gasteiger partial charge in [0.25, 0.3) is 0 Å². The number of methoxy groups -OCH3 is 3. The SMILES string of the molecule is CCN(CC)C(=O)NCCc1cc(OC)c(OC)c(OC)c1. The summed E-state index contributed by atoms with van der Waals surface area (Å²) in [5.74, 6) is 1.81. The van der Waals surface area contributed by atoms with Crippen LogP contribution >= 0.6 is 0 Å². The molecule has 0 heterocycles. The van der Waals surface area contributed by atoms with Gasteiger partial charge in [0.2, 0.25) is 5.75 Å². The molecule has 2 amide bonds. The molecule has 0 aliphatic heterocycles. The first kappa shape index (κ1) is 17.9. The molecular formula is C16H26N2O4. The van der Waals surface area contributed by atoms with E-state index >= 15 is 0 Å². The first-order chi connectivity index (χ1) is 10.6. The predicted molar refractivity (Wildman–Crippen MR) is 86.1 cm³/mol. The molecule has 0 bridgehead atoms. The molecule has 1 aromatic carbocycles. The highest BCUT2D eigenvalue weighted by molar-refractivity contribution is 5.74. The van der Waals surface area contributed by atoms with Crippen molar-refractivity contribution >= 4 is 6.03 Å². The molecule has 6 heteroatoms. The summed E-state index contributed by atoms with van der Waals surface area (Å²) >= 11 is 0. The molecule has 1 rings (SSSR count). The number of nitrogens with zero attached hydrogens (tertiary/aromatic N) is 1. The third-order valence-electron chi connectivity index (χ3n) is 3.47. The molecule has 22 heavy (non-hydrogen) atoms. The van der Waals surface area contributed by atoms with Gasteiger partial charge >= 0.3 is 6.03 Å². The highest BCUT2D eigenvalue weighted by Crippen LogP contribution is 2.38. The van der Waals surface area contributed by atoms with Gasteiger partial charge in [0.05, 0.1) is 21.3 Å². The Bertz CT molecular complexity index is 462. The number of nitrogens with one attached hydrogen (secondary N) is 1. The summed E-state index contributed by atoms with van der Waals surface area (Å²) in [6.07, 6.45) is 0.684. The zero-order valence-electron chi connectivity index (χ0n) is 14.1. The Morgan fingerprint density at radius 2 is 1.59 bits per heavy atom. The number of carbonyl (C=O) groups is 1. The first-order valence-corrected chi connectivity index (χ1v) is 7.42. The van der Waals surface area contributed by atoms with Crippen molar-refractivity contribution in [2.45, 2.75) is 20.3 Å². The van der Waals surface area contributed by atoms with Gasteiger partial charge in [0.15, 0.2) is 11.5 Å². The minimum atomic E-state index is -0.0440. The summed E-state index contributed by atoms with van der Waals surface area (Å²) in [6.45, 7) is 5.87. The molecule has 1 N–H and O–H groups in total. The molecule has 0 unspecified atom stereocenters. The van der Waals surface area contributed by atoms with E-state index in [1.54, 1.807) is 26.2 Å². The van der Waals surface area contributed by atoms with Gasteiger partial charge in [0, 0.05) is 19.6 Å². The Balaban J connectivity index is 2.72. The summed E-state index contributed by atoms with van der Waals surface area (Å²) < 4.78 is 15.9. The second kappa shape index (κ2) is 9.02. The van der Waals surface area contributed by atoms with Crippen LogP contribution in [-0.2, 0) is 6.42 Å². The van der Waals surface area contributed by atoms with Crippen LogP contribution in [0.2, 0.25) is 0 Å². The van der Waals surface area contributed by atoms with Crippen molar-refractivity contribution < 1.29 is 19.0 Å². The van der Waals surface area contributed by atoms with Gasteiger partial charge in [-0.3, -0.25) is 0 Å². The zero-order chi connectivity index (χ0) is 16.5. The van der Waals surface area contributed by atoms with Crippen LogP contribution in [0.1, 0.15) is 19.4 Å². The third kappa shape index (κ3) is 4.44. The number of hydrogen-bond acceptors (Lipinski definition) is 4. The fraction of sp³-hybridized carbons (Fsp3) is 0.562. The minimum Gasteiger partial charge on any atom is -0.493 e. The van der Waals surface area contributed by atoms with Gasteiger partial charge in [-0.05, 0) is 38.0 Å². The molecule has 124 valence electrons. The molecule has 0 saturated carbocycles. The standard InChI is InChI=1S/C16H26N2O4/c1-6-18(7-2)16(19)17-9-8-12-10-13(20-3)15(22-5)14(11-12)21-4/h10-11H,6-9H2,1-5H3,(H,17,19). The van der Waals surface area contributed by atoms with E-state index in [1.165, 1.54) is 0 Å². The van der Waals surface area contributed by atoms with Crippen molar-refractivity contribution in [3.8, 4) is 17.2 Å². The van der Waals surface area contributed by atoms with Crippen molar-refractivity contribution in [3.05, 3.63) is 17.7 Å². The van der Waals surface area contributed by atoms with Gasteiger partial charge in [-0.15, -0.1) is 0 Å². The van der Waals surface area contributed by atoms with Gasteiger partial charge in [0.1, 0.15) is 0 Å². The third-order valence-corrected chi connectivity index (χ3v) is 3.47. The van der Waals surface area contributed by atoms with E-state index in [2.05, 4.69) is 5.32 Å². The molecule has 0 atom stereocenters. The Morgan fingerprint density at radius 1 is 1.05 bits per heavy atom. The van der Waals surface area contributed by atoms with Crippen LogP contribution in [-0.4, -0.2) is 51.9 Å². The fourth-order valence-corrected chi connectivity index (χ4v) is 2.22. The number of urea groups is 1. The van der Waals surface area contributed by atoms with Crippen molar-refractivity contribution in [2.75, 3.05) is 41.0 Å². The molecule has 0 radical (unpaired) electrons. The van der Waals surface area contributed by atoms with Crippen molar-refractivity contribution in [2.24, 2.45) is 0 Å². The molecule has 0 fully saturated rings. The second-order valence-corrected chi connectivity index (χ2v) is 4.69. The average Bonchev–Trinajstić information content (AvgIpc) is 2.54. The number of ether oxygens (including phenoxy) is 3. The van der Waals surface area contributed by atoms with Crippen molar-refractivity contribution in [1.29, 1.82) is 0 Å². The molecule has 0 saturated heterocycles. The first-order valence-electron chi connectivity index (χ1n) is 7.42. The Hall–Kier alpha value is -2.11. The molecule has 6 nitrogen and oxygen atoms in total. The number of hydrogen-bond donors (Lipinski definition) is 1. The highest BCUT2D eigenvalue weighted by Gasteiger charge is 2.13. The number of carbonyl (C=O) groups excluding carboxylic acids is 1. The van der Waals surface area contributed by atoms with Gasteiger partial charge in [-0.1, -0.05) is 0 Å². The molecule has 0 aromatic heterocycles. The number of amides is 2. The van der Waals surface area contributed by atoms with Gasteiger partial charge in [-0.2, -0.15) is 0 Å². The summed E-state index contributed by atoms with van der Waals surface area (Å²) in [7, 11) is 4.75. The highest BCUT2D eigenvalue weighted by atomic mass is 16.5. The normalized spacial score (nSPS) is 10.0. The molecule has 1 aromatic rings. The fourth-order valence-electron chi connectivity index (χ4n) is 2.22. The van der Waals surface area contributed by atoms with Crippen molar-refractivity contribution in [3.63, 3.8) is 0 Å². The Morgan fingerprint density at radius 3 is 2.00 bits per heavy atom. The summed E-state index contributed by atoms with van der Waals surface area (Å²) in [5, 5.41) is 2.91. The number of rotatable bonds is 8. The average molecular weight is 310 g/mol. The van der Waals surface area contributed by atoms with Gasteiger partial charge in [-0.25, -0.2) is 4.79 Å². The van der Waals surface area contributed by atoms with E-state index in [0.29, 0.717) is 43.3 Å². The maximum atomic E-state index is 11.9. The Kier molecular flexibility index (Phi) is 7.36. The molecular weight excluding hydrogens is 284 g/mol. The smallest absolute Gasteiger partial charge is 0.317 e. The largest absolute Gasteiger partial charge is 0.493 e. The van der Waals surface area contributed by atoms with Crippen LogP contribution in [0.5, 0.6) is 17.2 Å². The van der Waals surface area contributed by atoms with E-state index in [4.69, 9.17) is 14.2 Å². The predicted octanol–water partition coefficient (Wildman–Crippen LogP) is 2.31. The van der Waals surface area contributed by atoms with Crippen LogP contribution in [0.4, 0.5) is 4.79 Å². The van der Waals surface area contributed by atoms with E-state index in [1.807, 2.05) is 26.0 Å². The van der Waals surface area contributed by atoms with Gasteiger partial charge < -0.3 is 24.4 Å². The molecule has 0 aliphatic rings. The van der Waals surface area contributed by atoms with Crippen LogP contribution in [0, 0.1) is 0 Å². The summed E-state index contributed by atoms with van der Waals surface area (Å²) in [4.78, 5) is 13.6. The molecule has 0 spiro atoms. The maximum Gasteiger partial charge on any atom is 0.317 e. The molecule has 0 aliphatic carbocycles. The lowest BCUT2D eigenvalue weighted by atomic mass is 10.1. The monoisotopic (exact) mass is 310 g/mol. The maximum absolute atomic E-state index is 11.9. The van der Waals surface area contributed by atoms with E-state index in [-0.39, 0.29) is 6.03 Å². The summed E-state index contributed by atoms with van der Waals surface area (Å²) in [6, 6.07) is 3.74. The second-order valence-electron chi connectivity index (χ2n) is 4.69. The van der Waals surface area contributed by atoms with Crippen LogP contribution in [0.3, 0.4) is 0 Å². The van der Waals surface area contributed by atoms with E-state index < -0.39 is 0 Å². The lowest BCUT2D eigenvalue weighted by molar-refractivity contribution is 0.203. The topological polar surface area (TPSA) is 60.0 Å². The van der Waals surface area contributed by atoms with Crippen LogP contribution in [0.25, 0.3) is 0 Å². The lowest BCUT2D eigenvalue weighted by Crippen LogP contribution is -2.40. The van der Waals surface area contributed by atoms with Crippen LogP contribution in [0.15, 0.2) is 12.1 Å². The minimum absolute atomic E-state index is 0.0440. The van der Waals surface area contributed by atoms with Crippen molar-refractivity contribution in [1.82, 2.24) is 10.2 Å². The number of benzene rings is 1. The van der Waals surface area contributed by atoms with E-state index in [0.717, 1.165) is 5.56 Å². The van der Waals surface area contributed by atoms with Crippen LogP contribution < -0.4 is 19.5 Å².